The number of fused-ring (bicyclic) bond motifs is 1. The van der Waals surface area contributed by atoms with Crippen LogP contribution in [-0.2, 0) is 16.4 Å². The molecule has 0 amide bonds. The molecule has 120 valence electrons. The van der Waals surface area contributed by atoms with Crippen LogP contribution in [0.1, 0.15) is 40.4 Å². The summed E-state index contributed by atoms with van der Waals surface area (Å²) in [6.45, 7) is 0. The van der Waals surface area contributed by atoms with Gasteiger partial charge in [-0.2, -0.15) is 0 Å². The van der Waals surface area contributed by atoms with Crippen molar-refractivity contribution < 1.29 is 18.3 Å². The maximum Gasteiger partial charge on any atom is 0.335 e. The van der Waals surface area contributed by atoms with Gasteiger partial charge in [0.05, 0.1) is 10.5 Å². The van der Waals surface area contributed by atoms with Crippen molar-refractivity contribution in [3.8, 4) is 0 Å². The first-order chi connectivity index (χ1) is 11.0. The van der Waals surface area contributed by atoms with E-state index < -0.39 is 16.0 Å². The standard InChI is InChI=1S/C17H17NO4S/c19-17(20)13-7-3-8-14(11-13)23(21,22)18-16-10-4-6-12-5-1-2-9-15(12)16/h1-3,5,7-9,11,16,18H,4,6,10H2,(H,19,20). The Balaban J connectivity index is 1.91. The molecule has 0 aliphatic heterocycles. The Morgan fingerprint density at radius 2 is 1.91 bits per heavy atom. The molecule has 2 aromatic carbocycles. The molecule has 1 unspecified atom stereocenters. The van der Waals surface area contributed by atoms with E-state index in [2.05, 4.69) is 4.72 Å². The summed E-state index contributed by atoms with van der Waals surface area (Å²) in [5, 5.41) is 9.01. The van der Waals surface area contributed by atoms with Crippen LogP contribution in [0.25, 0.3) is 0 Å². The number of carboxylic acid groups (broad SMARTS) is 1. The molecular formula is C17H17NO4S. The first kappa shape index (κ1) is 15.7. The zero-order valence-electron chi connectivity index (χ0n) is 12.4. The number of sulfonamides is 1. The molecular weight excluding hydrogens is 314 g/mol. The van der Waals surface area contributed by atoms with Crippen molar-refractivity contribution >= 4 is 16.0 Å². The molecule has 1 aliphatic rings. The summed E-state index contributed by atoms with van der Waals surface area (Å²) in [5.41, 5.74) is 2.11. The van der Waals surface area contributed by atoms with Gasteiger partial charge in [-0.3, -0.25) is 0 Å². The van der Waals surface area contributed by atoms with Crippen LogP contribution in [0.4, 0.5) is 0 Å². The van der Waals surface area contributed by atoms with Crippen molar-refractivity contribution in [1.29, 1.82) is 0 Å². The van der Waals surface area contributed by atoms with E-state index in [-0.39, 0.29) is 16.5 Å². The van der Waals surface area contributed by atoms with E-state index in [1.165, 1.54) is 24.3 Å². The lowest BCUT2D eigenvalue weighted by atomic mass is 9.88. The Morgan fingerprint density at radius 1 is 1.13 bits per heavy atom. The number of aromatic carboxylic acids is 1. The van der Waals surface area contributed by atoms with E-state index in [1.54, 1.807) is 0 Å². The van der Waals surface area contributed by atoms with Gasteiger partial charge in [0, 0.05) is 6.04 Å². The average Bonchev–Trinajstić information content (AvgIpc) is 2.55. The number of rotatable bonds is 4. The van der Waals surface area contributed by atoms with Crippen LogP contribution in [0, 0.1) is 0 Å². The molecule has 1 atom stereocenters. The zero-order chi connectivity index (χ0) is 16.4. The Morgan fingerprint density at radius 3 is 2.70 bits per heavy atom. The van der Waals surface area contributed by atoms with E-state index >= 15 is 0 Å². The molecule has 2 N–H and O–H groups in total. The second-order valence-corrected chi connectivity index (χ2v) is 7.31. The topological polar surface area (TPSA) is 83.5 Å². The minimum absolute atomic E-state index is 0.0274. The van der Waals surface area contributed by atoms with Gasteiger partial charge >= 0.3 is 5.97 Å². The van der Waals surface area contributed by atoms with Crippen molar-refractivity contribution in [3.05, 3.63) is 65.2 Å². The van der Waals surface area contributed by atoms with Gasteiger partial charge in [-0.1, -0.05) is 30.3 Å². The fourth-order valence-corrected chi connectivity index (χ4v) is 4.22. The molecule has 0 saturated carbocycles. The van der Waals surface area contributed by atoms with Crippen molar-refractivity contribution in [1.82, 2.24) is 4.72 Å². The van der Waals surface area contributed by atoms with Crippen LogP contribution >= 0.6 is 0 Å². The third-order valence-corrected chi connectivity index (χ3v) is 5.53. The molecule has 0 saturated heterocycles. The summed E-state index contributed by atoms with van der Waals surface area (Å²) in [7, 11) is -3.77. The predicted octanol–water partition coefficient (Wildman–Crippen LogP) is 2.74. The van der Waals surface area contributed by atoms with E-state index in [1.807, 2.05) is 24.3 Å². The molecule has 5 nitrogen and oxygen atoms in total. The van der Waals surface area contributed by atoms with Gasteiger partial charge in [0.1, 0.15) is 0 Å². The summed E-state index contributed by atoms with van der Waals surface area (Å²) in [5.74, 6) is -1.15. The Kier molecular flexibility index (Phi) is 4.19. The first-order valence-electron chi connectivity index (χ1n) is 7.41. The van der Waals surface area contributed by atoms with Crippen molar-refractivity contribution in [2.75, 3.05) is 0 Å². The van der Waals surface area contributed by atoms with Gasteiger partial charge < -0.3 is 5.11 Å². The molecule has 3 rings (SSSR count). The minimum atomic E-state index is -3.77. The molecule has 6 heteroatoms. The molecule has 0 spiro atoms. The zero-order valence-corrected chi connectivity index (χ0v) is 13.2. The first-order valence-corrected chi connectivity index (χ1v) is 8.89. The van der Waals surface area contributed by atoms with Crippen LogP contribution in [0.5, 0.6) is 0 Å². The van der Waals surface area contributed by atoms with E-state index in [9.17, 15) is 13.2 Å². The predicted molar refractivity (Wildman–Crippen MR) is 85.8 cm³/mol. The van der Waals surface area contributed by atoms with E-state index in [0.717, 1.165) is 30.4 Å². The Hall–Kier alpha value is -2.18. The smallest absolute Gasteiger partial charge is 0.335 e. The number of hydrogen-bond donors (Lipinski definition) is 2. The largest absolute Gasteiger partial charge is 0.478 e. The van der Waals surface area contributed by atoms with E-state index in [4.69, 9.17) is 5.11 Å². The number of hydrogen-bond acceptors (Lipinski definition) is 3. The third-order valence-electron chi connectivity index (χ3n) is 4.06. The van der Waals surface area contributed by atoms with Gasteiger partial charge in [0.15, 0.2) is 0 Å². The van der Waals surface area contributed by atoms with Gasteiger partial charge in [0.25, 0.3) is 0 Å². The monoisotopic (exact) mass is 331 g/mol. The summed E-state index contributed by atoms with van der Waals surface area (Å²) in [4.78, 5) is 11.0. The summed E-state index contributed by atoms with van der Waals surface area (Å²) < 4.78 is 27.9. The number of benzene rings is 2. The van der Waals surface area contributed by atoms with E-state index in [0.29, 0.717) is 0 Å². The van der Waals surface area contributed by atoms with Crippen LogP contribution in [0.2, 0.25) is 0 Å². The van der Waals surface area contributed by atoms with Crippen LogP contribution in [-0.4, -0.2) is 19.5 Å². The second-order valence-electron chi connectivity index (χ2n) is 5.60. The molecule has 0 heterocycles. The van der Waals surface area contributed by atoms with Gasteiger partial charge in [0.2, 0.25) is 10.0 Å². The third kappa shape index (κ3) is 3.28. The minimum Gasteiger partial charge on any atom is -0.478 e. The van der Waals surface area contributed by atoms with Crippen LogP contribution in [0.15, 0.2) is 53.4 Å². The highest BCUT2D eigenvalue weighted by Gasteiger charge is 2.25. The van der Waals surface area contributed by atoms with Gasteiger partial charge in [-0.15, -0.1) is 0 Å². The molecule has 2 aromatic rings. The van der Waals surface area contributed by atoms with Crippen molar-refractivity contribution in [3.63, 3.8) is 0 Å². The maximum absolute atomic E-state index is 12.6. The molecule has 23 heavy (non-hydrogen) atoms. The number of carboxylic acids is 1. The lowest BCUT2D eigenvalue weighted by Gasteiger charge is -2.26. The second kappa shape index (κ2) is 6.14. The molecule has 0 radical (unpaired) electrons. The SMILES string of the molecule is O=C(O)c1cccc(S(=O)(=O)NC2CCCc3ccccc32)c1. The molecule has 0 fully saturated rings. The summed E-state index contributed by atoms with van der Waals surface area (Å²) >= 11 is 0. The highest BCUT2D eigenvalue weighted by Crippen LogP contribution is 2.30. The lowest BCUT2D eigenvalue weighted by Crippen LogP contribution is -2.31. The summed E-state index contributed by atoms with van der Waals surface area (Å²) in [6.07, 6.45) is 2.59. The number of nitrogens with one attached hydrogen (secondary N) is 1. The Bertz CT molecular complexity index is 845. The number of aryl methyl sites for hydroxylation is 1. The molecule has 1 aliphatic carbocycles. The highest BCUT2D eigenvalue weighted by molar-refractivity contribution is 7.89. The fraction of sp³-hybridized carbons (Fsp3) is 0.235. The average molecular weight is 331 g/mol. The van der Waals surface area contributed by atoms with Crippen LogP contribution in [0.3, 0.4) is 0 Å². The highest BCUT2D eigenvalue weighted by atomic mass is 32.2. The lowest BCUT2D eigenvalue weighted by molar-refractivity contribution is 0.0696. The van der Waals surface area contributed by atoms with Gasteiger partial charge in [-0.25, -0.2) is 17.9 Å². The molecule has 0 bridgehead atoms. The maximum atomic E-state index is 12.6. The van der Waals surface area contributed by atoms with Gasteiger partial charge in [-0.05, 0) is 48.6 Å². The number of carbonyl (C=O) groups is 1. The molecule has 0 aromatic heterocycles. The fourth-order valence-electron chi connectivity index (χ4n) is 2.93. The quantitative estimate of drug-likeness (QED) is 0.902. The summed E-state index contributed by atoms with van der Waals surface area (Å²) in [6, 6.07) is 12.9. The van der Waals surface area contributed by atoms with Crippen LogP contribution < -0.4 is 4.72 Å². The van der Waals surface area contributed by atoms with Crippen molar-refractivity contribution in [2.45, 2.75) is 30.2 Å². The Labute approximate surface area is 135 Å². The van der Waals surface area contributed by atoms with Crippen molar-refractivity contribution in [2.24, 2.45) is 0 Å². The normalized spacial score (nSPS) is 17.5.